The SMILES string of the molecule is CCOC(=O)C1=CN2C(CC1=O)c1c(cc(OCCCOC)c3c1CCO3)OC[C@H]2C(C)C. The van der Waals surface area contributed by atoms with Crippen LogP contribution in [0.1, 0.15) is 50.8 Å². The zero-order valence-corrected chi connectivity index (χ0v) is 19.8. The number of rotatable bonds is 8. The fraction of sp³-hybridized carbons (Fsp3) is 0.600. The van der Waals surface area contributed by atoms with E-state index in [-0.39, 0.29) is 42.4 Å². The Balaban J connectivity index is 1.75. The molecule has 0 aliphatic carbocycles. The predicted octanol–water partition coefficient (Wildman–Crippen LogP) is 3.22. The molecule has 0 bridgehead atoms. The number of benzene rings is 1. The summed E-state index contributed by atoms with van der Waals surface area (Å²) in [6, 6.07) is 1.64. The number of esters is 1. The minimum atomic E-state index is -0.567. The second-order valence-electron chi connectivity index (χ2n) is 8.86. The average Bonchev–Trinajstić information content (AvgIpc) is 3.21. The van der Waals surface area contributed by atoms with Crippen molar-refractivity contribution in [1.29, 1.82) is 0 Å². The Bertz CT molecular complexity index is 939. The van der Waals surface area contributed by atoms with Crippen molar-refractivity contribution in [3.05, 3.63) is 29.0 Å². The van der Waals surface area contributed by atoms with E-state index in [4.69, 9.17) is 23.7 Å². The quantitative estimate of drug-likeness (QED) is 0.333. The van der Waals surface area contributed by atoms with Crippen molar-refractivity contribution in [3.63, 3.8) is 0 Å². The first-order valence-electron chi connectivity index (χ1n) is 11.7. The van der Waals surface area contributed by atoms with E-state index in [1.807, 2.05) is 6.07 Å². The van der Waals surface area contributed by atoms with E-state index in [1.165, 1.54) is 0 Å². The van der Waals surface area contributed by atoms with Crippen LogP contribution >= 0.6 is 0 Å². The normalized spacial score (nSPS) is 21.3. The molecular formula is C25H33NO7. The molecule has 8 heteroatoms. The third-order valence-electron chi connectivity index (χ3n) is 6.41. The van der Waals surface area contributed by atoms with E-state index in [0.717, 1.165) is 35.5 Å². The number of methoxy groups -OCH3 is 1. The van der Waals surface area contributed by atoms with Gasteiger partial charge in [-0.2, -0.15) is 0 Å². The molecule has 0 radical (unpaired) electrons. The number of hydrogen-bond acceptors (Lipinski definition) is 8. The number of nitrogens with zero attached hydrogens (tertiary/aromatic N) is 1. The number of carbonyl (C=O) groups is 2. The maximum Gasteiger partial charge on any atom is 0.343 e. The molecule has 1 unspecified atom stereocenters. The Morgan fingerprint density at radius 2 is 2.09 bits per heavy atom. The van der Waals surface area contributed by atoms with Crippen LogP contribution in [0.5, 0.6) is 17.2 Å². The molecule has 3 aliphatic rings. The van der Waals surface area contributed by atoms with Gasteiger partial charge in [-0.05, 0) is 12.8 Å². The third kappa shape index (κ3) is 4.53. The first-order valence-corrected chi connectivity index (χ1v) is 11.7. The molecule has 0 fully saturated rings. The zero-order valence-electron chi connectivity index (χ0n) is 19.8. The van der Waals surface area contributed by atoms with Gasteiger partial charge >= 0.3 is 5.97 Å². The lowest BCUT2D eigenvalue weighted by molar-refractivity contribution is -0.140. The lowest BCUT2D eigenvalue weighted by Gasteiger charge is -2.40. The molecule has 1 aromatic carbocycles. The summed E-state index contributed by atoms with van der Waals surface area (Å²) in [4.78, 5) is 27.6. The smallest absolute Gasteiger partial charge is 0.343 e. The molecule has 0 spiro atoms. The summed E-state index contributed by atoms with van der Waals surface area (Å²) in [6.07, 6.45) is 3.36. The molecule has 0 aromatic heterocycles. The maximum absolute atomic E-state index is 13.0. The molecule has 0 N–H and O–H groups in total. The molecule has 0 amide bonds. The van der Waals surface area contributed by atoms with Crippen LogP contribution in [-0.4, -0.2) is 62.8 Å². The van der Waals surface area contributed by atoms with Gasteiger partial charge in [-0.15, -0.1) is 0 Å². The van der Waals surface area contributed by atoms with Crippen molar-refractivity contribution in [2.24, 2.45) is 5.92 Å². The first-order chi connectivity index (χ1) is 16.0. The first kappa shape index (κ1) is 23.4. The molecule has 33 heavy (non-hydrogen) atoms. The summed E-state index contributed by atoms with van der Waals surface area (Å²) in [5.41, 5.74) is 2.09. The molecule has 3 aliphatic heterocycles. The highest BCUT2D eigenvalue weighted by atomic mass is 16.5. The van der Waals surface area contributed by atoms with Crippen LogP contribution < -0.4 is 14.2 Å². The van der Waals surface area contributed by atoms with E-state index < -0.39 is 5.97 Å². The van der Waals surface area contributed by atoms with Crippen LogP contribution in [0.2, 0.25) is 0 Å². The van der Waals surface area contributed by atoms with Crippen molar-refractivity contribution in [1.82, 2.24) is 4.90 Å². The average molecular weight is 460 g/mol. The van der Waals surface area contributed by atoms with Gasteiger partial charge in [0.05, 0.1) is 31.9 Å². The van der Waals surface area contributed by atoms with Gasteiger partial charge in [0.15, 0.2) is 17.3 Å². The largest absolute Gasteiger partial charge is 0.491 e. The molecule has 180 valence electrons. The van der Waals surface area contributed by atoms with Gasteiger partial charge in [-0.3, -0.25) is 4.79 Å². The second kappa shape index (κ2) is 10.0. The molecular weight excluding hydrogens is 426 g/mol. The number of fused-ring (bicyclic) bond motifs is 5. The summed E-state index contributed by atoms with van der Waals surface area (Å²) in [5.74, 6) is 1.57. The van der Waals surface area contributed by atoms with Crippen LogP contribution in [-0.2, 0) is 25.5 Å². The highest BCUT2D eigenvalue weighted by Gasteiger charge is 2.42. The van der Waals surface area contributed by atoms with Crippen LogP contribution in [0.25, 0.3) is 0 Å². The van der Waals surface area contributed by atoms with Crippen LogP contribution in [0.15, 0.2) is 17.8 Å². The number of Topliss-reactive ketones (excluding diaryl/α,β-unsaturated/α-hetero) is 1. The topological polar surface area (TPSA) is 83.5 Å². The van der Waals surface area contributed by atoms with E-state index in [2.05, 4.69) is 18.7 Å². The minimum Gasteiger partial charge on any atom is -0.491 e. The Hall–Kier alpha value is -2.74. The van der Waals surface area contributed by atoms with E-state index in [0.29, 0.717) is 32.2 Å². The maximum atomic E-state index is 13.0. The summed E-state index contributed by atoms with van der Waals surface area (Å²) in [7, 11) is 1.67. The molecule has 1 aromatic rings. The van der Waals surface area contributed by atoms with Crippen molar-refractivity contribution in [3.8, 4) is 17.2 Å². The summed E-state index contributed by atoms with van der Waals surface area (Å²) in [5, 5.41) is 0. The van der Waals surface area contributed by atoms with Crippen molar-refractivity contribution >= 4 is 11.8 Å². The highest BCUT2D eigenvalue weighted by Crippen LogP contribution is 2.50. The monoisotopic (exact) mass is 459 g/mol. The number of ether oxygens (including phenoxy) is 5. The van der Waals surface area contributed by atoms with Crippen molar-refractivity contribution in [2.75, 3.05) is 40.1 Å². The molecule has 0 saturated heterocycles. The summed E-state index contributed by atoms with van der Waals surface area (Å²) >= 11 is 0. The van der Waals surface area contributed by atoms with Gasteiger partial charge in [0.1, 0.15) is 17.9 Å². The zero-order chi connectivity index (χ0) is 23.5. The Morgan fingerprint density at radius 1 is 1.27 bits per heavy atom. The summed E-state index contributed by atoms with van der Waals surface area (Å²) in [6.45, 7) is 8.32. The van der Waals surface area contributed by atoms with Gasteiger partial charge in [-0.25, -0.2) is 4.79 Å². The van der Waals surface area contributed by atoms with E-state index in [1.54, 1.807) is 20.2 Å². The minimum absolute atomic E-state index is 0.0102. The van der Waals surface area contributed by atoms with Crippen LogP contribution in [0, 0.1) is 5.92 Å². The van der Waals surface area contributed by atoms with Gasteiger partial charge < -0.3 is 28.6 Å². The second-order valence-corrected chi connectivity index (χ2v) is 8.86. The van der Waals surface area contributed by atoms with Gasteiger partial charge in [0.2, 0.25) is 0 Å². The number of ketones is 1. The number of hydrogen-bond donors (Lipinski definition) is 0. The standard InChI is InChI=1S/C25H33NO7/c1-5-30-25(28)17-13-26-18(11-20(17)27)23-16-7-10-32-24(16)22(31-9-6-8-29-4)12-21(23)33-14-19(26)15(2)3/h12-13,15,18-19H,5-11,14H2,1-4H3/t18?,19-/m0/s1. The van der Waals surface area contributed by atoms with Gasteiger partial charge in [-0.1, -0.05) is 13.8 Å². The van der Waals surface area contributed by atoms with E-state index >= 15 is 0 Å². The lowest BCUT2D eigenvalue weighted by atomic mass is 9.87. The molecule has 3 heterocycles. The van der Waals surface area contributed by atoms with Crippen molar-refractivity contribution < 1.29 is 33.3 Å². The lowest BCUT2D eigenvalue weighted by Crippen LogP contribution is -2.44. The van der Waals surface area contributed by atoms with Crippen LogP contribution in [0.3, 0.4) is 0 Å². The number of carbonyl (C=O) groups excluding carboxylic acids is 2. The third-order valence-corrected chi connectivity index (χ3v) is 6.41. The van der Waals surface area contributed by atoms with E-state index in [9.17, 15) is 9.59 Å². The molecule has 4 rings (SSSR count). The van der Waals surface area contributed by atoms with Gasteiger partial charge in [0.25, 0.3) is 0 Å². The molecule has 8 nitrogen and oxygen atoms in total. The molecule has 0 saturated carbocycles. The fourth-order valence-corrected chi connectivity index (χ4v) is 4.77. The van der Waals surface area contributed by atoms with Crippen LogP contribution in [0.4, 0.5) is 0 Å². The highest BCUT2D eigenvalue weighted by molar-refractivity contribution is 6.17. The predicted molar refractivity (Wildman–Crippen MR) is 121 cm³/mol. The summed E-state index contributed by atoms with van der Waals surface area (Å²) < 4.78 is 28.6. The Kier molecular flexibility index (Phi) is 7.12. The van der Waals surface area contributed by atoms with Gasteiger partial charge in [0, 0.05) is 56.4 Å². The van der Waals surface area contributed by atoms with Crippen molar-refractivity contribution in [2.45, 2.75) is 52.1 Å². The Morgan fingerprint density at radius 3 is 2.82 bits per heavy atom. The molecule has 2 atom stereocenters. The Labute approximate surface area is 194 Å². The fourth-order valence-electron chi connectivity index (χ4n) is 4.77.